The normalized spacial score (nSPS) is 21.6. The van der Waals surface area contributed by atoms with Gasteiger partial charge in [-0.3, -0.25) is 4.79 Å². The monoisotopic (exact) mass is 277 g/mol. The maximum absolute atomic E-state index is 12.6. The Morgan fingerprint density at radius 2 is 2.20 bits per heavy atom. The van der Waals surface area contributed by atoms with Gasteiger partial charge in [-0.15, -0.1) is 0 Å². The number of hydrogen-bond donors (Lipinski definition) is 2. The number of morpholine rings is 1. The van der Waals surface area contributed by atoms with Crippen LogP contribution in [0.2, 0.25) is 0 Å². The van der Waals surface area contributed by atoms with Crippen LogP contribution in [0.1, 0.15) is 18.4 Å². The highest BCUT2D eigenvalue weighted by atomic mass is 16.5. The van der Waals surface area contributed by atoms with E-state index in [-0.39, 0.29) is 17.8 Å². The van der Waals surface area contributed by atoms with Crippen LogP contribution < -0.4 is 5.73 Å². The molecule has 1 aliphatic rings. The van der Waals surface area contributed by atoms with Crippen molar-refractivity contribution in [2.24, 2.45) is 10.9 Å². The van der Waals surface area contributed by atoms with E-state index in [1.54, 1.807) is 17.0 Å². The summed E-state index contributed by atoms with van der Waals surface area (Å²) in [4.78, 5) is 14.3. The molecule has 2 atom stereocenters. The molecular formula is C14H19N3O3. The fourth-order valence-electron chi connectivity index (χ4n) is 2.34. The van der Waals surface area contributed by atoms with Gasteiger partial charge in [-0.2, -0.15) is 0 Å². The molecule has 0 spiro atoms. The molecule has 1 aromatic rings. The molecule has 6 nitrogen and oxygen atoms in total. The van der Waals surface area contributed by atoms with E-state index < -0.39 is 5.92 Å². The number of hydrogen-bond acceptors (Lipinski definition) is 4. The van der Waals surface area contributed by atoms with Gasteiger partial charge < -0.3 is 20.6 Å². The van der Waals surface area contributed by atoms with E-state index in [4.69, 9.17) is 15.7 Å². The average Bonchev–Trinajstić information content (AvgIpc) is 2.48. The highest BCUT2D eigenvalue weighted by Crippen LogP contribution is 2.20. The molecule has 2 unspecified atom stereocenters. The molecule has 1 heterocycles. The molecular weight excluding hydrogens is 258 g/mol. The van der Waals surface area contributed by atoms with Crippen LogP contribution in [0.4, 0.5) is 0 Å². The fraction of sp³-hybridized carbons (Fsp3) is 0.429. The zero-order valence-electron chi connectivity index (χ0n) is 11.4. The number of nitrogens with zero attached hydrogens (tertiary/aromatic N) is 2. The second kappa shape index (κ2) is 6.38. The van der Waals surface area contributed by atoms with Gasteiger partial charge in [0.25, 0.3) is 0 Å². The second-order valence-corrected chi connectivity index (χ2v) is 4.83. The van der Waals surface area contributed by atoms with Gasteiger partial charge in [0.15, 0.2) is 5.84 Å². The van der Waals surface area contributed by atoms with E-state index in [0.717, 1.165) is 0 Å². The van der Waals surface area contributed by atoms with Gasteiger partial charge in [0.1, 0.15) is 5.92 Å². The number of amidine groups is 1. The van der Waals surface area contributed by atoms with Crippen LogP contribution in [0.15, 0.2) is 35.5 Å². The average molecular weight is 277 g/mol. The first-order valence-electron chi connectivity index (χ1n) is 6.56. The lowest BCUT2D eigenvalue weighted by atomic mass is 9.96. The zero-order valence-corrected chi connectivity index (χ0v) is 11.4. The van der Waals surface area contributed by atoms with E-state index in [9.17, 15) is 4.79 Å². The van der Waals surface area contributed by atoms with Crippen molar-refractivity contribution >= 4 is 11.7 Å². The fourth-order valence-corrected chi connectivity index (χ4v) is 2.34. The molecule has 20 heavy (non-hydrogen) atoms. The first-order chi connectivity index (χ1) is 9.63. The molecule has 0 radical (unpaired) electrons. The lowest BCUT2D eigenvalue weighted by Gasteiger charge is -2.33. The number of rotatable bonds is 3. The molecule has 1 aliphatic heterocycles. The summed E-state index contributed by atoms with van der Waals surface area (Å²) in [5.74, 6) is -1.02. The Morgan fingerprint density at radius 3 is 2.80 bits per heavy atom. The van der Waals surface area contributed by atoms with Crippen molar-refractivity contribution in [1.82, 2.24) is 4.90 Å². The number of amides is 1. The van der Waals surface area contributed by atoms with Gasteiger partial charge in [-0.05, 0) is 12.5 Å². The summed E-state index contributed by atoms with van der Waals surface area (Å²) in [7, 11) is 0. The molecule has 0 saturated carbocycles. The van der Waals surface area contributed by atoms with Gasteiger partial charge in [0, 0.05) is 13.1 Å². The maximum atomic E-state index is 12.6. The third-order valence-corrected chi connectivity index (χ3v) is 3.34. The first-order valence-corrected chi connectivity index (χ1v) is 6.56. The maximum Gasteiger partial charge on any atom is 0.238 e. The van der Waals surface area contributed by atoms with Gasteiger partial charge >= 0.3 is 0 Å². The summed E-state index contributed by atoms with van der Waals surface area (Å²) in [6.07, 6.45) is -0.00332. The standard InChI is InChI=1S/C14H19N3O3/c1-10-9-17(7-8-20-10)14(18)12(13(15)16-19)11-5-3-2-4-6-11/h2-6,10,12,19H,7-9H2,1H3,(H2,15,16). The van der Waals surface area contributed by atoms with Crippen LogP contribution in [0.25, 0.3) is 0 Å². The number of nitrogens with two attached hydrogens (primary N) is 1. The number of ether oxygens (including phenoxy) is 1. The molecule has 1 aromatic carbocycles. The highest BCUT2D eigenvalue weighted by molar-refractivity contribution is 6.07. The smallest absolute Gasteiger partial charge is 0.238 e. The van der Waals surface area contributed by atoms with Crippen molar-refractivity contribution in [2.45, 2.75) is 18.9 Å². The zero-order chi connectivity index (χ0) is 14.5. The molecule has 1 saturated heterocycles. The Kier molecular flexibility index (Phi) is 4.57. The summed E-state index contributed by atoms with van der Waals surface area (Å²) in [6.45, 7) is 3.46. The van der Waals surface area contributed by atoms with E-state index in [1.165, 1.54) is 0 Å². The Balaban J connectivity index is 2.25. The Bertz CT molecular complexity index is 490. The summed E-state index contributed by atoms with van der Waals surface area (Å²) >= 11 is 0. The van der Waals surface area contributed by atoms with Crippen LogP contribution in [0, 0.1) is 0 Å². The third-order valence-electron chi connectivity index (χ3n) is 3.34. The number of benzene rings is 1. The van der Waals surface area contributed by atoms with Gasteiger partial charge in [0.05, 0.1) is 12.7 Å². The van der Waals surface area contributed by atoms with Crippen molar-refractivity contribution in [3.8, 4) is 0 Å². The SMILES string of the molecule is CC1CN(C(=O)C(C(N)=NO)c2ccccc2)CCO1. The quantitative estimate of drug-likeness (QED) is 0.369. The molecule has 0 aliphatic carbocycles. The molecule has 108 valence electrons. The summed E-state index contributed by atoms with van der Waals surface area (Å²) in [6, 6.07) is 9.09. The largest absolute Gasteiger partial charge is 0.409 e. The minimum atomic E-state index is -0.758. The molecule has 0 bridgehead atoms. The Labute approximate surface area is 117 Å². The van der Waals surface area contributed by atoms with E-state index in [0.29, 0.717) is 25.3 Å². The minimum Gasteiger partial charge on any atom is -0.409 e. The molecule has 3 N–H and O–H groups in total. The van der Waals surface area contributed by atoms with Crippen LogP contribution in [-0.2, 0) is 9.53 Å². The molecule has 2 rings (SSSR count). The lowest BCUT2D eigenvalue weighted by Crippen LogP contribution is -2.48. The number of carbonyl (C=O) groups is 1. The summed E-state index contributed by atoms with van der Waals surface area (Å²) in [5.41, 5.74) is 6.43. The molecule has 1 amide bonds. The van der Waals surface area contributed by atoms with Crippen LogP contribution in [-0.4, -0.2) is 47.7 Å². The van der Waals surface area contributed by atoms with Crippen molar-refractivity contribution < 1.29 is 14.7 Å². The van der Waals surface area contributed by atoms with Gasteiger partial charge in [-0.25, -0.2) is 0 Å². The van der Waals surface area contributed by atoms with Crippen LogP contribution >= 0.6 is 0 Å². The topological polar surface area (TPSA) is 88.2 Å². The van der Waals surface area contributed by atoms with Crippen molar-refractivity contribution in [2.75, 3.05) is 19.7 Å². The van der Waals surface area contributed by atoms with Crippen molar-refractivity contribution in [1.29, 1.82) is 0 Å². The summed E-state index contributed by atoms with van der Waals surface area (Å²) < 4.78 is 5.43. The molecule has 1 fully saturated rings. The lowest BCUT2D eigenvalue weighted by molar-refractivity contribution is -0.138. The number of carbonyl (C=O) groups excluding carboxylic acids is 1. The van der Waals surface area contributed by atoms with Crippen LogP contribution in [0.5, 0.6) is 0 Å². The Hall–Kier alpha value is -2.08. The van der Waals surface area contributed by atoms with E-state index in [2.05, 4.69) is 5.16 Å². The second-order valence-electron chi connectivity index (χ2n) is 4.83. The van der Waals surface area contributed by atoms with Gasteiger partial charge in [-0.1, -0.05) is 35.5 Å². The van der Waals surface area contributed by atoms with Crippen molar-refractivity contribution in [3.63, 3.8) is 0 Å². The van der Waals surface area contributed by atoms with E-state index in [1.807, 2.05) is 25.1 Å². The van der Waals surface area contributed by atoms with Gasteiger partial charge in [0.2, 0.25) is 5.91 Å². The number of oxime groups is 1. The minimum absolute atomic E-state index is 0.00332. The Morgan fingerprint density at radius 1 is 1.50 bits per heavy atom. The third kappa shape index (κ3) is 3.08. The van der Waals surface area contributed by atoms with E-state index >= 15 is 0 Å². The molecule has 6 heteroatoms. The first kappa shape index (κ1) is 14.3. The predicted octanol–water partition coefficient (Wildman–Crippen LogP) is 0.764. The van der Waals surface area contributed by atoms with Crippen molar-refractivity contribution in [3.05, 3.63) is 35.9 Å². The highest BCUT2D eigenvalue weighted by Gasteiger charge is 2.31. The van der Waals surface area contributed by atoms with Crippen LogP contribution in [0.3, 0.4) is 0 Å². The summed E-state index contributed by atoms with van der Waals surface area (Å²) in [5, 5.41) is 11.9. The predicted molar refractivity (Wildman–Crippen MR) is 74.6 cm³/mol. The molecule has 0 aromatic heterocycles.